The van der Waals surface area contributed by atoms with Crippen molar-refractivity contribution >= 4 is 5.97 Å². The summed E-state index contributed by atoms with van der Waals surface area (Å²) in [5.41, 5.74) is 0.618. The number of hydrogen-bond donors (Lipinski definition) is 3. The molecule has 0 amide bonds. The Hall–Kier alpha value is -0.870. The van der Waals surface area contributed by atoms with Crippen molar-refractivity contribution in [3.63, 3.8) is 0 Å². The molecule has 4 heteroatoms. The number of carbonyl (C=O) groups is 1. The molecule has 0 spiro atoms. The van der Waals surface area contributed by atoms with Crippen molar-refractivity contribution in [1.29, 1.82) is 0 Å². The molecule has 7 unspecified atom stereocenters. The average Bonchev–Trinajstić information content (AvgIpc) is 3.06. The summed E-state index contributed by atoms with van der Waals surface area (Å²) in [6.07, 6.45) is 14.5. The zero-order valence-electron chi connectivity index (χ0n) is 19.8. The summed E-state index contributed by atoms with van der Waals surface area (Å²) >= 11 is 0. The molecule has 4 rings (SSSR count). The fourth-order valence-corrected chi connectivity index (χ4v) is 9.04. The topological polar surface area (TPSA) is 77.8 Å². The second kappa shape index (κ2) is 8.82. The summed E-state index contributed by atoms with van der Waals surface area (Å²) in [5, 5.41) is 30.4. The molecule has 0 saturated heterocycles. The molecule has 0 radical (unpaired) electrons. The van der Waals surface area contributed by atoms with Gasteiger partial charge in [-0.1, -0.05) is 32.9 Å². The first kappa shape index (κ1) is 23.3. The van der Waals surface area contributed by atoms with Crippen LogP contribution < -0.4 is 0 Å². The second-order valence-corrected chi connectivity index (χ2v) is 12.1. The van der Waals surface area contributed by atoms with Crippen LogP contribution in [0.15, 0.2) is 12.2 Å². The summed E-state index contributed by atoms with van der Waals surface area (Å²) < 4.78 is 0. The molecule has 0 aliphatic heterocycles. The van der Waals surface area contributed by atoms with E-state index < -0.39 is 5.97 Å². The lowest BCUT2D eigenvalue weighted by molar-refractivity contribution is -0.174. The number of carboxylic acids is 1. The molecule has 0 aromatic carbocycles. The summed E-state index contributed by atoms with van der Waals surface area (Å²) in [5.74, 6) is 2.72. The number of hydrogen-bond acceptors (Lipinski definition) is 3. The Bertz CT molecular complexity index is 689. The highest BCUT2D eigenvalue weighted by molar-refractivity contribution is 5.68. The lowest BCUT2D eigenvalue weighted by Crippen LogP contribution is -2.58. The van der Waals surface area contributed by atoms with E-state index in [0.29, 0.717) is 46.3 Å². The van der Waals surface area contributed by atoms with Crippen LogP contribution in [0.3, 0.4) is 0 Å². The van der Waals surface area contributed by atoms with E-state index in [1.54, 1.807) is 6.08 Å². The van der Waals surface area contributed by atoms with Crippen molar-refractivity contribution in [3.8, 4) is 0 Å². The Labute approximate surface area is 188 Å². The number of allylic oxidation sites excluding steroid dienone is 1. The van der Waals surface area contributed by atoms with Gasteiger partial charge in [0, 0.05) is 0 Å². The van der Waals surface area contributed by atoms with E-state index in [2.05, 4.69) is 20.8 Å². The Morgan fingerprint density at radius 3 is 2.45 bits per heavy atom. The molecule has 4 aliphatic rings. The first-order valence-electron chi connectivity index (χ1n) is 12.9. The molecule has 4 aliphatic carbocycles. The van der Waals surface area contributed by atoms with E-state index in [1.165, 1.54) is 25.7 Å². The van der Waals surface area contributed by atoms with E-state index in [4.69, 9.17) is 5.11 Å². The van der Waals surface area contributed by atoms with Gasteiger partial charge in [-0.15, -0.1) is 0 Å². The van der Waals surface area contributed by atoms with Crippen LogP contribution in [0.25, 0.3) is 0 Å². The Morgan fingerprint density at radius 1 is 1.00 bits per heavy atom. The third-order valence-corrected chi connectivity index (χ3v) is 10.7. The fourth-order valence-electron chi connectivity index (χ4n) is 9.04. The van der Waals surface area contributed by atoms with Crippen LogP contribution in [-0.2, 0) is 4.79 Å². The molecule has 10 atom stereocenters. The number of rotatable bonds is 6. The van der Waals surface area contributed by atoms with Crippen LogP contribution in [0.2, 0.25) is 0 Å². The smallest absolute Gasteiger partial charge is 0.307 e. The van der Waals surface area contributed by atoms with Gasteiger partial charge in [-0.3, -0.25) is 4.79 Å². The standard InChI is InChI=1S/C27H44O4/c1-17(7-5-4-6-8-24(30)31)20-9-10-21-25-22(12-14-27(20,21)3)26(2)13-11-19(28)15-18(26)16-23(25)29/h4,6,17-23,25,28-29H,5,7-16H2,1-3H3,(H,30,31)/b6-4+/t17?,18-,19+,20?,21?,22?,23-,25?,26?,27?/m0/s1. The Kier molecular flexibility index (Phi) is 6.63. The SMILES string of the molecule is CC(CC/C=C/CC(=O)O)C1CCC2C3C(CCC12C)C1(C)CC[C@@H](O)C[C@H]1C[C@@H]3O. The average molecular weight is 433 g/mol. The molecule has 4 nitrogen and oxygen atoms in total. The first-order valence-corrected chi connectivity index (χ1v) is 12.9. The van der Waals surface area contributed by atoms with E-state index in [0.717, 1.165) is 38.5 Å². The summed E-state index contributed by atoms with van der Waals surface area (Å²) in [6.45, 7) is 7.40. The molecule has 0 heterocycles. The predicted octanol–water partition coefficient (Wildman–Crippen LogP) is 5.42. The highest BCUT2D eigenvalue weighted by Gasteiger charge is 2.62. The first-order chi connectivity index (χ1) is 14.7. The lowest BCUT2D eigenvalue weighted by Gasteiger charge is -2.62. The molecule has 0 aromatic heterocycles. The lowest BCUT2D eigenvalue weighted by atomic mass is 9.43. The second-order valence-electron chi connectivity index (χ2n) is 12.1. The normalized spacial score (nSPS) is 48.1. The van der Waals surface area contributed by atoms with Gasteiger partial charge < -0.3 is 15.3 Å². The maximum Gasteiger partial charge on any atom is 0.307 e. The third kappa shape index (κ3) is 4.12. The van der Waals surface area contributed by atoms with Gasteiger partial charge in [-0.05, 0) is 111 Å². The van der Waals surface area contributed by atoms with Gasteiger partial charge in [0.1, 0.15) is 0 Å². The number of carboxylic acid groups (broad SMARTS) is 1. The highest BCUT2D eigenvalue weighted by Crippen LogP contribution is 2.68. The number of aliphatic hydroxyl groups is 2. The van der Waals surface area contributed by atoms with E-state index in [1.807, 2.05) is 6.08 Å². The Morgan fingerprint density at radius 2 is 1.71 bits per heavy atom. The van der Waals surface area contributed by atoms with Crippen molar-refractivity contribution in [2.45, 2.75) is 104 Å². The van der Waals surface area contributed by atoms with Gasteiger partial charge in [0.05, 0.1) is 18.6 Å². The predicted molar refractivity (Wildman–Crippen MR) is 122 cm³/mol. The van der Waals surface area contributed by atoms with Crippen molar-refractivity contribution in [2.75, 3.05) is 0 Å². The van der Waals surface area contributed by atoms with Crippen LogP contribution in [0.1, 0.15) is 91.4 Å². The molecule has 4 fully saturated rings. The van der Waals surface area contributed by atoms with Gasteiger partial charge in [-0.25, -0.2) is 0 Å². The molecule has 3 N–H and O–H groups in total. The summed E-state index contributed by atoms with van der Waals surface area (Å²) in [7, 11) is 0. The van der Waals surface area contributed by atoms with Gasteiger partial charge in [0.2, 0.25) is 0 Å². The monoisotopic (exact) mass is 432 g/mol. The molecule has 0 bridgehead atoms. The summed E-state index contributed by atoms with van der Waals surface area (Å²) in [4.78, 5) is 10.7. The quantitative estimate of drug-likeness (QED) is 0.490. The molecule has 4 saturated carbocycles. The fraction of sp³-hybridized carbons (Fsp3) is 0.889. The van der Waals surface area contributed by atoms with Crippen molar-refractivity contribution in [1.82, 2.24) is 0 Å². The highest BCUT2D eigenvalue weighted by atomic mass is 16.4. The van der Waals surface area contributed by atoms with E-state index in [9.17, 15) is 15.0 Å². The number of fused-ring (bicyclic) bond motifs is 5. The number of aliphatic carboxylic acids is 1. The molecule has 0 aromatic rings. The maximum absolute atomic E-state index is 11.3. The maximum atomic E-state index is 11.3. The van der Waals surface area contributed by atoms with Crippen molar-refractivity contribution < 1.29 is 20.1 Å². The van der Waals surface area contributed by atoms with Crippen LogP contribution >= 0.6 is 0 Å². The van der Waals surface area contributed by atoms with Gasteiger partial charge in [-0.2, -0.15) is 0 Å². The minimum atomic E-state index is -0.762. The number of aliphatic hydroxyl groups excluding tert-OH is 2. The van der Waals surface area contributed by atoms with E-state index in [-0.39, 0.29) is 18.6 Å². The van der Waals surface area contributed by atoms with Crippen LogP contribution in [0.5, 0.6) is 0 Å². The van der Waals surface area contributed by atoms with Crippen LogP contribution in [-0.4, -0.2) is 33.5 Å². The van der Waals surface area contributed by atoms with Crippen LogP contribution in [0.4, 0.5) is 0 Å². The van der Waals surface area contributed by atoms with Crippen molar-refractivity contribution in [3.05, 3.63) is 12.2 Å². The van der Waals surface area contributed by atoms with Crippen molar-refractivity contribution in [2.24, 2.45) is 46.3 Å². The van der Waals surface area contributed by atoms with Crippen LogP contribution in [0, 0.1) is 46.3 Å². The summed E-state index contributed by atoms with van der Waals surface area (Å²) in [6, 6.07) is 0. The molecule has 176 valence electrons. The molecular weight excluding hydrogens is 388 g/mol. The van der Waals surface area contributed by atoms with E-state index >= 15 is 0 Å². The molecular formula is C27H44O4. The van der Waals surface area contributed by atoms with Gasteiger partial charge >= 0.3 is 5.97 Å². The van der Waals surface area contributed by atoms with Gasteiger partial charge in [0.25, 0.3) is 0 Å². The third-order valence-electron chi connectivity index (χ3n) is 10.7. The van der Waals surface area contributed by atoms with Gasteiger partial charge in [0.15, 0.2) is 0 Å². The minimum Gasteiger partial charge on any atom is -0.481 e. The minimum absolute atomic E-state index is 0.120. The molecule has 31 heavy (non-hydrogen) atoms. The zero-order chi connectivity index (χ0) is 22.4. The Balaban J connectivity index is 1.45. The zero-order valence-corrected chi connectivity index (χ0v) is 19.8. The largest absolute Gasteiger partial charge is 0.481 e.